The number of hydrogen-bond acceptors (Lipinski definition) is 8. The molecule has 2 aliphatic heterocycles. The molecule has 2 atom stereocenters. The first-order valence-corrected chi connectivity index (χ1v) is 7.72. The van der Waals surface area contributed by atoms with Crippen molar-refractivity contribution in [1.82, 2.24) is 0 Å². The van der Waals surface area contributed by atoms with E-state index in [4.69, 9.17) is 32.9 Å². The predicted octanol–water partition coefficient (Wildman–Crippen LogP) is 1.35. The first kappa shape index (κ1) is 15.8. The minimum Gasteiger partial charge on any atom is -0.452 e. The van der Waals surface area contributed by atoms with Gasteiger partial charge in [0.05, 0.1) is 26.4 Å². The van der Waals surface area contributed by atoms with E-state index >= 15 is 0 Å². The molecule has 0 aromatic carbocycles. The van der Waals surface area contributed by atoms with Crippen LogP contribution in [0, 0.1) is 0 Å². The molecule has 4 heterocycles. The number of aliphatic hydroxyl groups excluding tert-OH is 2. The van der Waals surface area contributed by atoms with Crippen molar-refractivity contribution in [2.45, 2.75) is 24.8 Å². The van der Waals surface area contributed by atoms with E-state index in [1.807, 2.05) is 0 Å². The summed E-state index contributed by atoms with van der Waals surface area (Å²) in [7, 11) is 0. The molecule has 8 heteroatoms. The lowest BCUT2D eigenvalue weighted by Crippen LogP contribution is -2.30. The zero-order valence-corrected chi connectivity index (χ0v) is 12.8. The Morgan fingerprint density at radius 1 is 0.833 bits per heavy atom. The fraction of sp³-hybridized carbons (Fsp3) is 0.500. The van der Waals surface area contributed by atoms with Gasteiger partial charge in [0.1, 0.15) is 12.2 Å². The molecule has 0 amide bonds. The van der Waals surface area contributed by atoms with E-state index in [0.29, 0.717) is 29.6 Å². The molecule has 2 aromatic rings. The quantitative estimate of drug-likeness (QED) is 0.861. The third-order valence-corrected chi connectivity index (χ3v) is 3.79. The summed E-state index contributed by atoms with van der Waals surface area (Å²) in [6, 6.07) is 6.99. The Kier molecular flexibility index (Phi) is 4.40. The lowest BCUT2D eigenvalue weighted by molar-refractivity contribution is -0.227. The minimum absolute atomic E-state index is 0.0955. The maximum Gasteiger partial charge on any atom is 0.217 e. The predicted molar refractivity (Wildman–Crippen MR) is 77.7 cm³/mol. The fourth-order valence-electron chi connectivity index (χ4n) is 2.57. The van der Waals surface area contributed by atoms with Crippen LogP contribution in [-0.4, -0.2) is 48.8 Å². The molecule has 4 rings (SSSR count). The molecule has 0 bridgehead atoms. The van der Waals surface area contributed by atoms with Crippen LogP contribution in [-0.2, 0) is 18.9 Å². The number of furan rings is 2. The monoisotopic (exact) mass is 338 g/mol. The highest BCUT2D eigenvalue weighted by Crippen LogP contribution is 2.34. The highest BCUT2D eigenvalue weighted by Gasteiger charge is 2.30. The van der Waals surface area contributed by atoms with Crippen LogP contribution in [0.15, 0.2) is 33.1 Å². The molecule has 8 nitrogen and oxygen atoms in total. The van der Waals surface area contributed by atoms with Crippen LogP contribution in [0.25, 0.3) is 11.5 Å². The van der Waals surface area contributed by atoms with Crippen molar-refractivity contribution >= 4 is 0 Å². The van der Waals surface area contributed by atoms with Gasteiger partial charge in [0.2, 0.25) is 12.6 Å². The lowest BCUT2D eigenvalue weighted by Gasteiger charge is -2.24. The molecule has 0 spiro atoms. The van der Waals surface area contributed by atoms with Crippen molar-refractivity contribution in [1.29, 1.82) is 0 Å². The first-order valence-electron chi connectivity index (χ1n) is 7.72. The number of hydrogen-bond donors (Lipinski definition) is 2. The maximum atomic E-state index is 9.37. The van der Waals surface area contributed by atoms with Gasteiger partial charge in [-0.05, 0) is 24.3 Å². The molecular weight excluding hydrogens is 320 g/mol. The third kappa shape index (κ3) is 3.12. The summed E-state index contributed by atoms with van der Waals surface area (Å²) in [6.45, 7) is 0.633. The van der Waals surface area contributed by atoms with Crippen LogP contribution in [0.4, 0.5) is 0 Å². The second-order valence-electron chi connectivity index (χ2n) is 5.66. The van der Waals surface area contributed by atoms with E-state index in [0.717, 1.165) is 0 Å². The Labute approximate surface area is 137 Å². The van der Waals surface area contributed by atoms with E-state index < -0.39 is 18.7 Å². The zero-order chi connectivity index (χ0) is 16.5. The van der Waals surface area contributed by atoms with Gasteiger partial charge in [-0.1, -0.05) is 0 Å². The minimum atomic E-state index is -0.636. The summed E-state index contributed by atoms with van der Waals surface area (Å²) in [5, 5.41) is 18.4. The topological polar surface area (TPSA) is 104 Å². The van der Waals surface area contributed by atoms with Crippen molar-refractivity contribution in [3.63, 3.8) is 0 Å². The Morgan fingerprint density at radius 2 is 1.42 bits per heavy atom. The van der Waals surface area contributed by atoms with E-state index in [1.165, 1.54) is 0 Å². The van der Waals surface area contributed by atoms with Gasteiger partial charge in [-0.2, -0.15) is 0 Å². The molecule has 2 fully saturated rings. The van der Waals surface area contributed by atoms with Gasteiger partial charge in [0.25, 0.3) is 0 Å². The fourth-order valence-corrected chi connectivity index (χ4v) is 2.57. The van der Waals surface area contributed by atoms with Crippen molar-refractivity contribution in [3.05, 3.63) is 35.8 Å². The highest BCUT2D eigenvalue weighted by atomic mass is 16.7. The number of rotatable bonds is 4. The standard InChI is InChI=1S/C16H18O8/c17-5-10-8-21-16(22-10)14-4-2-12(24-14)11-1-3-13(23-11)15-19-6-9(18)7-20-15/h1-4,9-10,15-18H,5-8H2. The average molecular weight is 338 g/mol. The molecule has 2 aromatic heterocycles. The van der Waals surface area contributed by atoms with E-state index in [2.05, 4.69) is 0 Å². The molecule has 0 aliphatic carbocycles. The average Bonchev–Trinajstić information content (AvgIpc) is 3.34. The molecule has 0 radical (unpaired) electrons. The van der Waals surface area contributed by atoms with Gasteiger partial charge in [0.15, 0.2) is 23.0 Å². The molecule has 130 valence electrons. The number of aliphatic hydroxyl groups is 2. The lowest BCUT2D eigenvalue weighted by atomic mass is 10.3. The van der Waals surface area contributed by atoms with Crippen molar-refractivity contribution in [2.75, 3.05) is 26.4 Å². The van der Waals surface area contributed by atoms with E-state index in [9.17, 15) is 5.11 Å². The summed E-state index contributed by atoms with van der Waals surface area (Å²) in [5.74, 6) is 2.05. The molecule has 2 aliphatic rings. The first-order chi connectivity index (χ1) is 11.7. The van der Waals surface area contributed by atoms with Gasteiger partial charge < -0.3 is 38.0 Å². The van der Waals surface area contributed by atoms with Gasteiger partial charge in [-0.25, -0.2) is 0 Å². The molecule has 2 saturated heterocycles. The van der Waals surface area contributed by atoms with Crippen LogP contribution in [0.2, 0.25) is 0 Å². The number of ether oxygens (including phenoxy) is 4. The van der Waals surface area contributed by atoms with Crippen molar-refractivity contribution in [3.8, 4) is 11.5 Å². The van der Waals surface area contributed by atoms with Crippen LogP contribution in [0.5, 0.6) is 0 Å². The zero-order valence-electron chi connectivity index (χ0n) is 12.8. The van der Waals surface area contributed by atoms with Crippen LogP contribution in [0.1, 0.15) is 24.1 Å². The molecule has 2 unspecified atom stereocenters. The smallest absolute Gasteiger partial charge is 0.217 e. The van der Waals surface area contributed by atoms with Crippen molar-refractivity contribution in [2.24, 2.45) is 0 Å². The van der Waals surface area contributed by atoms with E-state index in [1.54, 1.807) is 24.3 Å². The van der Waals surface area contributed by atoms with Crippen LogP contribution < -0.4 is 0 Å². The SMILES string of the molecule is OCC1COC(c2ccc(-c3ccc(C4OCC(O)CO4)o3)o2)O1. The van der Waals surface area contributed by atoms with Crippen LogP contribution >= 0.6 is 0 Å². The van der Waals surface area contributed by atoms with Crippen LogP contribution in [0.3, 0.4) is 0 Å². The largest absolute Gasteiger partial charge is 0.452 e. The second-order valence-corrected chi connectivity index (χ2v) is 5.66. The van der Waals surface area contributed by atoms with Crippen molar-refractivity contribution < 1.29 is 38.0 Å². The second kappa shape index (κ2) is 6.67. The Morgan fingerprint density at radius 3 is 2.00 bits per heavy atom. The normalized spacial score (nSPS) is 30.8. The summed E-state index contributed by atoms with van der Waals surface area (Å²) >= 11 is 0. The Hall–Kier alpha value is -1.68. The van der Waals surface area contributed by atoms with Gasteiger partial charge in [-0.15, -0.1) is 0 Å². The Balaban J connectivity index is 1.45. The summed E-state index contributed by atoms with van der Waals surface area (Å²) in [4.78, 5) is 0. The maximum absolute atomic E-state index is 9.37. The molecule has 2 N–H and O–H groups in total. The summed E-state index contributed by atoms with van der Waals surface area (Å²) in [6.07, 6.45) is -2.22. The third-order valence-electron chi connectivity index (χ3n) is 3.79. The van der Waals surface area contributed by atoms with Gasteiger partial charge in [-0.3, -0.25) is 0 Å². The van der Waals surface area contributed by atoms with Gasteiger partial charge >= 0.3 is 0 Å². The van der Waals surface area contributed by atoms with Gasteiger partial charge in [0, 0.05) is 0 Å². The molecule has 0 saturated carbocycles. The summed E-state index contributed by atoms with van der Waals surface area (Å²) in [5.41, 5.74) is 0. The molecule has 24 heavy (non-hydrogen) atoms. The Bertz CT molecular complexity index is 631. The highest BCUT2D eigenvalue weighted by molar-refractivity contribution is 5.50. The van der Waals surface area contributed by atoms with E-state index in [-0.39, 0.29) is 25.9 Å². The molecular formula is C16H18O8. The summed E-state index contributed by atoms with van der Waals surface area (Å²) < 4.78 is 33.1.